The fraction of sp³-hybridized carbons (Fsp3) is 0.650. The quantitative estimate of drug-likeness (QED) is 0.649. The van der Waals surface area contributed by atoms with Crippen molar-refractivity contribution >= 4 is 29.3 Å². The SMILES string of the molecule is CC/N=C\C(=C(/C)CC1CC1)c1nc(NC2CCCCC2)ncc1Cl. The summed E-state index contributed by atoms with van der Waals surface area (Å²) < 4.78 is 0. The number of nitrogens with one attached hydrogen (secondary N) is 1. The van der Waals surface area contributed by atoms with Gasteiger partial charge in [-0.1, -0.05) is 36.4 Å². The van der Waals surface area contributed by atoms with E-state index in [0.717, 1.165) is 30.2 Å². The minimum absolute atomic E-state index is 0.479. The van der Waals surface area contributed by atoms with Crippen LogP contribution in [0.3, 0.4) is 0 Å². The van der Waals surface area contributed by atoms with Crippen molar-refractivity contribution in [1.29, 1.82) is 0 Å². The highest BCUT2D eigenvalue weighted by Gasteiger charge is 2.23. The highest BCUT2D eigenvalue weighted by molar-refractivity contribution is 6.33. The van der Waals surface area contributed by atoms with Gasteiger partial charge in [0.1, 0.15) is 0 Å². The van der Waals surface area contributed by atoms with Crippen LogP contribution >= 0.6 is 11.6 Å². The van der Waals surface area contributed by atoms with E-state index in [2.05, 4.69) is 22.2 Å². The molecule has 1 heterocycles. The summed E-state index contributed by atoms with van der Waals surface area (Å²) >= 11 is 6.46. The third-order valence-electron chi connectivity index (χ3n) is 5.09. The molecule has 2 fully saturated rings. The second kappa shape index (κ2) is 8.79. The Bertz CT molecular complexity index is 643. The summed E-state index contributed by atoms with van der Waals surface area (Å²) in [6.07, 6.45) is 13.7. The number of aromatic nitrogens is 2. The number of hydrogen-bond acceptors (Lipinski definition) is 4. The molecular formula is C20H29ClN4. The van der Waals surface area contributed by atoms with Gasteiger partial charge in [0.05, 0.1) is 16.9 Å². The zero-order chi connectivity index (χ0) is 17.6. The molecule has 25 heavy (non-hydrogen) atoms. The second-order valence-corrected chi connectivity index (χ2v) is 7.75. The minimum Gasteiger partial charge on any atom is -0.351 e. The van der Waals surface area contributed by atoms with Gasteiger partial charge in [0.25, 0.3) is 0 Å². The molecule has 1 aromatic rings. The molecule has 0 atom stereocenters. The van der Waals surface area contributed by atoms with E-state index >= 15 is 0 Å². The summed E-state index contributed by atoms with van der Waals surface area (Å²) in [6.45, 7) is 4.99. The van der Waals surface area contributed by atoms with Gasteiger partial charge in [-0.2, -0.15) is 0 Å². The Morgan fingerprint density at radius 3 is 2.72 bits per heavy atom. The first kappa shape index (κ1) is 18.4. The highest BCUT2D eigenvalue weighted by Crippen LogP contribution is 2.37. The Morgan fingerprint density at radius 2 is 2.04 bits per heavy atom. The van der Waals surface area contributed by atoms with Gasteiger partial charge >= 0.3 is 0 Å². The van der Waals surface area contributed by atoms with E-state index in [1.807, 2.05) is 13.1 Å². The lowest BCUT2D eigenvalue weighted by atomic mass is 9.96. The monoisotopic (exact) mass is 360 g/mol. The van der Waals surface area contributed by atoms with Gasteiger partial charge in [-0.3, -0.25) is 4.99 Å². The number of hydrogen-bond donors (Lipinski definition) is 1. The Labute approximate surface area is 156 Å². The lowest BCUT2D eigenvalue weighted by Crippen LogP contribution is -2.23. The van der Waals surface area contributed by atoms with Crippen molar-refractivity contribution in [2.24, 2.45) is 10.9 Å². The van der Waals surface area contributed by atoms with Crippen molar-refractivity contribution in [2.75, 3.05) is 11.9 Å². The summed E-state index contributed by atoms with van der Waals surface area (Å²) in [4.78, 5) is 13.6. The van der Waals surface area contributed by atoms with Crippen LogP contribution < -0.4 is 5.32 Å². The number of aliphatic imine (C=N–C) groups is 1. The van der Waals surface area contributed by atoms with E-state index in [-0.39, 0.29) is 0 Å². The molecule has 3 rings (SSSR count). The van der Waals surface area contributed by atoms with Crippen LogP contribution in [0.5, 0.6) is 0 Å². The van der Waals surface area contributed by atoms with Crippen molar-refractivity contribution in [3.8, 4) is 0 Å². The molecule has 0 aromatic carbocycles. The van der Waals surface area contributed by atoms with E-state index < -0.39 is 0 Å². The summed E-state index contributed by atoms with van der Waals surface area (Å²) in [6, 6.07) is 0.479. The maximum absolute atomic E-state index is 6.46. The standard InChI is InChI=1S/C20H29ClN4/c1-3-22-12-17(14(2)11-15-9-10-15)19-18(21)13-23-20(25-19)24-16-7-5-4-6-8-16/h12-13,15-16H,3-11H2,1-2H3,(H,23,24,25)/b17-14-,22-12-. The van der Waals surface area contributed by atoms with E-state index in [1.165, 1.54) is 50.5 Å². The second-order valence-electron chi connectivity index (χ2n) is 7.34. The maximum atomic E-state index is 6.46. The molecule has 5 heteroatoms. The van der Waals surface area contributed by atoms with Crippen molar-refractivity contribution in [3.63, 3.8) is 0 Å². The van der Waals surface area contributed by atoms with Gasteiger partial charge in [-0.05, 0) is 51.9 Å². The number of allylic oxidation sites excluding steroid dienone is 2. The topological polar surface area (TPSA) is 50.2 Å². The number of halogens is 1. The first-order chi connectivity index (χ1) is 12.2. The van der Waals surface area contributed by atoms with Gasteiger partial charge in [0.2, 0.25) is 5.95 Å². The fourth-order valence-corrected chi connectivity index (χ4v) is 3.67. The molecule has 0 amide bonds. The van der Waals surface area contributed by atoms with Gasteiger partial charge in [0.15, 0.2) is 0 Å². The molecule has 0 unspecified atom stereocenters. The molecule has 4 nitrogen and oxygen atoms in total. The van der Waals surface area contributed by atoms with Crippen molar-refractivity contribution in [2.45, 2.75) is 71.3 Å². The highest BCUT2D eigenvalue weighted by atomic mass is 35.5. The molecule has 0 spiro atoms. The van der Waals surface area contributed by atoms with Crippen LogP contribution in [0.4, 0.5) is 5.95 Å². The third kappa shape index (κ3) is 5.27. The van der Waals surface area contributed by atoms with Crippen LogP contribution in [-0.4, -0.2) is 28.8 Å². The van der Waals surface area contributed by atoms with Gasteiger partial charge in [0, 0.05) is 24.4 Å². The molecule has 0 bridgehead atoms. The number of anilines is 1. The third-order valence-corrected chi connectivity index (χ3v) is 5.37. The average Bonchev–Trinajstić information content (AvgIpc) is 3.42. The van der Waals surface area contributed by atoms with E-state index in [0.29, 0.717) is 17.0 Å². The van der Waals surface area contributed by atoms with Crippen LogP contribution in [0.2, 0.25) is 5.02 Å². The van der Waals surface area contributed by atoms with Crippen LogP contribution in [0.1, 0.15) is 70.9 Å². The summed E-state index contributed by atoms with van der Waals surface area (Å²) in [5.41, 5.74) is 3.20. The summed E-state index contributed by atoms with van der Waals surface area (Å²) in [5, 5.41) is 4.10. The fourth-order valence-electron chi connectivity index (χ4n) is 3.48. The van der Waals surface area contributed by atoms with Gasteiger partial charge in [-0.25, -0.2) is 9.97 Å². The summed E-state index contributed by atoms with van der Waals surface area (Å²) in [5.74, 6) is 1.51. The Balaban J connectivity index is 1.85. The zero-order valence-corrected chi connectivity index (χ0v) is 16.1. The van der Waals surface area contributed by atoms with E-state index in [1.54, 1.807) is 6.20 Å². The van der Waals surface area contributed by atoms with Gasteiger partial charge < -0.3 is 5.32 Å². The maximum Gasteiger partial charge on any atom is 0.223 e. The van der Waals surface area contributed by atoms with Gasteiger partial charge in [-0.15, -0.1) is 0 Å². The predicted molar refractivity (Wildman–Crippen MR) is 107 cm³/mol. The summed E-state index contributed by atoms with van der Waals surface area (Å²) in [7, 11) is 0. The smallest absolute Gasteiger partial charge is 0.223 e. The molecule has 2 aliphatic carbocycles. The molecule has 0 aliphatic heterocycles. The normalized spacial score (nSPS) is 20.0. The van der Waals surface area contributed by atoms with E-state index in [9.17, 15) is 0 Å². The Kier molecular flexibility index (Phi) is 6.46. The van der Waals surface area contributed by atoms with Crippen molar-refractivity contribution < 1.29 is 0 Å². The van der Waals surface area contributed by atoms with Crippen LogP contribution in [0.25, 0.3) is 5.57 Å². The molecule has 1 aromatic heterocycles. The van der Waals surface area contributed by atoms with Crippen molar-refractivity contribution in [3.05, 3.63) is 22.5 Å². The largest absolute Gasteiger partial charge is 0.351 e. The predicted octanol–water partition coefficient (Wildman–Crippen LogP) is 5.54. The Hall–Kier alpha value is -1.42. The lowest BCUT2D eigenvalue weighted by Gasteiger charge is -2.23. The lowest BCUT2D eigenvalue weighted by molar-refractivity contribution is 0.461. The van der Waals surface area contributed by atoms with E-state index in [4.69, 9.17) is 16.6 Å². The molecule has 0 saturated heterocycles. The number of nitrogens with zero attached hydrogens (tertiary/aromatic N) is 3. The number of rotatable bonds is 7. The van der Waals surface area contributed by atoms with Crippen LogP contribution in [-0.2, 0) is 0 Å². The Morgan fingerprint density at radius 1 is 1.28 bits per heavy atom. The molecule has 0 radical (unpaired) electrons. The average molecular weight is 361 g/mol. The van der Waals surface area contributed by atoms with Crippen molar-refractivity contribution in [1.82, 2.24) is 9.97 Å². The van der Waals surface area contributed by atoms with Crippen LogP contribution in [0, 0.1) is 5.92 Å². The molecule has 136 valence electrons. The van der Waals surface area contributed by atoms with Crippen LogP contribution in [0.15, 0.2) is 16.8 Å². The molecule has 2 aliphatic rings. The first-order valence-corrected chi connectivity index (χ1v) is 10.0. The zero-order valence-electron chi connectivity index (χ0n) is 15.4. The molecular weight excluding hydrogens is 332 g/mol. The molecule has 2 saturated carbocycles. The minimum atomic E-state index is 0.479. The first-order valence-electron chi connectivity index (χ1n) is 9.66. The molecule has 1 N–H and O–H groups in total.